The molecule has 0 amide bonds. The maximum absolute atomic E-state index is 11.0. The highest BCUT2D eigenvalue weighted by Gasteiger charge is 2.29. The van der Waals surface area contributed by atoms with E-state index in [-0.39, 0.29) is 6.04 Å². The monoisotopic (exact) mass is 235 g/mol. The average molecular weight is 235 g/mol. The van der Waals surface area contributed by atoms with Gasteiger partial charge in [0.25, 0.3) is 0 Å². The number of benzene rings is 1. The van der Waals surface area contributed by atoms with Crippen LogP contribution < -0.4 is 0 Å². The van der Waals surface area contributed by atoms with Crippen LogP contribution in [0.5, 0.6) is 0 Å². The Morgan fingerprint density at radius 1 is 1.35 bits per heavy atom. The molecule has 1 aliphatic rings. The van der Waals surface area contributed by atoms with Crippen molar-refractivity contribution in [2.75, 3.05) is 6.54 Å². The van der Waals surface area contributed by atoms with Crippen LogP contribution in [0.3, 0.4) is 0 Å². The molecule has 1 aromatic carbocycles. The lowest BCUT2D eigenvalue weighted by molar-refractivity contribution is -0.142. The highest BCUT2D eigenvalue weighted by Crippen LogP contribution is 2.19. The average Bonchev–Trinajstić information content (AvgIpc) is 2.81. The van der Waals surface area contributed by atoms with Gasteiger partial charge in [0.15, 0.2) is 0 Å². The van der Waals surface area contributed by atoms with Crippen molar-refractivity contribution in [1.82, 2.24) is 4.90 Å². The smallest absolute Gasteiger partial charge is 0.320 e. The van der Waals surface area contributed by atoms with Crippen LogP contribution >= 0.6 is 0 Å². The van der Waals surface area contributed by atoms with Crippen molar-refractivity contribution < 1.29 is 9.90 Å². The fourth-order valence-electron chi connectivity index (χ4n) is 2.11. The van der Waals surface area contributed by atoms with Crippen LogP contribution in [0.4, 0.5) is 0 Å². The van der Waals surface area contributed by atoms with Crippen LogP contribution in [-0.4, -0.2) is 28.6 Å². The predicted octanol–water partition coefficient (Wildman–Crippen LogP) is 2.76. The van der Waals surface area contributed by atoms with E-state index in [4.69, 9.17) is 5.11 Å². The van der Waals surface area contributed by atoms with Gasteiger partial charge < -0.3 is 5.11 Å². The molecule has 94 valence electrons. The molecule has 0 saturated carbocycles. The highest BCUT2D eigenvalue weighted by molar-refractivity contribution is 5.73. The van der Waals surface area contributed by atoms with Gasteiger partial charge in [-0.25, -0.2) is 0 Å². The van der Waals surface area contributed by atoms with Crippen molar-refractivity contribution in [3.63, 3.8) is 0 Å². The molecule has 0 aromatic heterocycles. The molecule has 1 fully saturated rings. The first-order chi connectivity index (χ1) is 8.27. The molecule has 17 heavy (non-hydrogen) atoms. The minimum atomic E-state index is -0.691. The zero-order valence-corrected chi connectivity index (χ0v) is 10.6. The number of carboxylic acids is 1. The fourth-order valence-corrected chi connectivity index (χ4v) is 2.11. The number of carbonyl (C=O) groups is 1. The van der Waals surface area contributed by atoms with Crippen molar-refractivity contribution in [3.05, 3.63) is 35.9 Å². The standard InChI is InChI=1S/C12H15NO2.C2H6/c14-12(15)11-7-4-8-13(11)9-10-5-2-1-3-6-10;1-2/h1-3,5-6,11H,4,7-9H2,(H,14,15);1-2H3/t11-;/m1./s1. The van der Waals surface area contributed by atoms with Gasteiger partial charge in [-0.3, -0.25) is 9.69 Å². The normalized spacial score (nSPS) is 19.5. The number of rotatable bonds is 3. The number of nitrogens with zero attached hydrogens (tertiary/aromatic N) is 1. The number of likely N-dealkylation sites (tertiary alicyclic amines) is 1. The molecule has 1 atom stereocenters. The van der Waals surface area contributed by atoms with E-state index in [2.05, 4.69) is 0 Å². The minimum Gasteiger partial charge on any atom is -0.480 e. The first-order valence-corrected chi connectivity index (χ1v) is 6.28. The van der Waals surface area contributed by atoms with Gasteiger partial charge in [0.05, 0.1) is 0 Å². The number of carboxylic acid groups (broad SMARTS) is 1. The fraction of sp³-hybridized carbons (Fsp3) is 0.500. The minimum absolute atomic E-state index is 0.287. The second kappa shape index (κ2) is 7.07. The number of hydrogen-bond acceptors (Lipinski definition) is 2. The van der Waals surface area contributed by atoms with Crippen LogP contribution in [0.25, 0.3) is 0 Å². The summed E-state index contributed by atoms with van der Waals surface area (Å²) in [5.74, 6) is -0.691. The van der Waals surface area contributed by atoms with E-state index in [1.807, 2.05) is 49.1 Å². The quantitative estimate of drug-likeness (QED) is 0.875. The van der Waals surface area contributed by atoms with Gasteiger partial charge in [-0.05, 0) is 24.9 Å². The Labute approximate surface area is 103 Å². The molecule has 0 unspecified atom stereocenters. The summed E-state index contributed by atoms with van der Waals surface area (Å²) in [6, 6.07) is 9.74. The molecule has 2 rings (SSSR count). The molecule has 0 spiro atoms. The molecular formula is C14H21NO2. The molecule has 0 radical (unpaired) electrons. The lowest BCUT2D eigenvalue weighted by atomic mass is 10.2. The lowest BCUT2D eigenvalue weighted by Gasteiger charge is -2.20. The molecule has 1 saturated heterocycles. The van der Waals surface area contributed by atoms with Gasteiger partial charge in [-0.2, -0.15) is 0 Å². The number of hydrogen-bond donors (Lipinski definition) is 1. The molecular weight excluding hydrogens is 214 g/mol. The Kier molecular flexibility index (Phi) is 5.70. The summed E-state index contributed by atoms with van der Waals surface area (Å²) in [7, 11) is 0. The topological polar surface area (TPSA) is 40.5 Å². The lowest BCUT2D eigenvalue weighted by Crippen LogP contribution is -2.35. The zero-order chi connectivity index (χ0) is 12.7. The van der Waals surface area contributed by atoms with Gasteiger partial charge in [0.2, 0.25) is 0 Å². The maximum Gasteiger partial charge on any atom is 0.320 e. The second-order valence-corrected chi connectivity index (χ2v) is 3.95. The largest absolute Gasteiger partial charge is 0.480 e. The molecule has 1 aromatic rings. The Hall–Kier alpha value is -1.35. The van der Waals surface area contributed by atoms with E-state index in [1.165, 1.54) is 5.56 Å². The number of aliphatic carboxylic acids is 1. The van der Waals surface area contributed by atoms with Crippen LogP contribution in [0.15, 0.2) is 30.3 Å². The van der Waals surface area contributed by atoms with Gasteiger partial charge in [-0.1, -0.05) is 44.2 Å². The van der Waals surface area contributed by atoms with E-state index in [9.17, 15) is 4.79 Å². The highest BCUT2D eigenvalue weighted by atomic mass is 16.4. The summed E-state index contributed by atoms with van der Waals surface area (Å²) in [5, 5.41) is 9.02. The van der Waals surface area contributed by atoms with Crippen LogP contribution in [0.1, 0.15) is 32.3 Å². The first-order valence-electron chi connectivity index (χ1n) is 6.28. The first kappa shape index (κ1) is 13.7. The Morgan fingerprint density at radius 3 is 2.59 bits per heavy atom. The molecule has 1 aliphatic heterocycles. The predicted molar refractivity (Wildman–Crippen MR) is 68.9 cm³/mol. The Bertz CT molecular complexity index is 337. The van der Waals surface area contributed by atoms with Crippen molar-refractivity contribution >= 4 is 5.97 Å². The van der Waals surface area contributed by atoms with Gasteiger partial charge >= 0.3 is 5.97 Å². The maximum atomic E-state index is 11.0. The molecule has 1 heterocycles. The zero-order valence-electron chi connectivity index (χ0n) is 10.6. The molecule has 0 bridgehead atoms. The van der Waals surface area contributed by atoms with Crippen molar-refractivity contribution in [3.8, 4) is 0 Å². The molecule has 0 aliphatic carbocycles. The summed E-state index contributed by atoms with van der Waals surface area (Å²) in [4.78, 5) is 13.0. The van der Waals surface area contributed by atoms with Crippen molar-refractivity contribution in [2.45, 2.75) is 39.3 Å². The Morgan fingerprint density at radius 2 is 2.00 bits per heavy atom. The van der Waals surface area contributed by atoms with E-state index >= 15 is 0 Å². The third-order valence-corrected chi connectivity index (χ3v) is 2.88. The summed E-state index contributed by atoms with van der Waals surface area (Å²) in [6.07, 6.45) is 1.77. The molecule has 3 nitrogen and oxygen atoms in total. The summed E-state index contributed by atoms with van der Waals surface area (Å²) in [5.41, 5.74) is 1.19. The molecule has 3 heteroatoms. The van der Waals surface area contributed by atoms with Crippen LogP contribution in [0, 0.1) is 0 Å². The van der Waals surface area contributed by atoms with Crippen molar-refractivity contribution in [1.29, 1.82) is 0 Å². The third kappa shape index (κ3) is 3.86. The van der Waals surface area contributed by atoms with Crippen LogP contribution in [-0.2, 0) is 11.3 Å². The van der Waals surface area contributed by atoms with Crippen LogP contribution in [0.2, 0.25) is 0 Å². The van der Waals surface area contributed by atoms with E-state index < -0.39 is 5.97 Å². The third-order valence-electron chi connectivity index (χ3n) is 2.88. The van der Waals surface area contributed by atoms with Gasteiger partial charge in [0, 0.05) is 6.54 Å². The van der Waals surface area contributed by atoms with E-state index in [1.54, 1.807) is 0 Å². The van der Waals surface area contributed by atoms with E-state index in [0.717, 1.165) is 25.9 Å². The van der Waals surface area contributed by atoms with Gasteiger partial charge in [0.1, 0.15) is 6.04 Å². The van der Waals surface area contributed by atoms with E-state index in [0.29, 0.717) is 0 Å². The second-order valence-electron chi connectivity index (χ2n) is 3.95. The Balaban J connectivity index is 0.000000686. The summed E-state index contributed by atoms with van der Waals surface area (Å²) < 4.78 is 0. The summed E-state index contributed by atoms with van der Waals surface area (Å²) in [6.45, 7) is 5.64. The van der Waals surface area contributed by atoms with Crippen molar-refractivity contribution in [2.24, 2.45) is 0 Å². The molecule has 1 N–H and O–H groups in total. The summed E-state index contributed by atoms with van der Waals surface area (Å²) >= 11 is 0. The SMILES string of the molecule is CC.O=C(O)[C@H]1CCCN1Cc1ccccc1. The van der Waals surface area contributed by atoms with Gasteiger partial charge in [-0.15, -0.1) is 0 Å².